The lowest BCUT2D eigenvalue weighted by atomic mass is 10.1. The van der Waals surface area contributed by atoms with Crippen LogP contribution in [0.5, 0.6) is 0 Å². The second-order valence-corrected chi connectivity index (χ2v) is 5.28. The Morgan fingerprint density at radius 1 is 1.21 bits per heavy atom. The second-order valence-electron chi connectivity index (χ2n) is 3.39. The molecule has 0 aliphatic heterocycles. The molecule has 0 heterocycles. The maximum Gasteiger partial charge on any atom is 0.353 e. The van der Waals surface area contributed by atoms with Crippen LogP contribution >= 0.6 is 7.60 Å². The summed E-state index contributed by atoms with van der Waals surface area (Å²) in [7, 11) is -2.96. The van der Waals surface area contributed by atoms with Gasteiger partial charge in [0.25, 0.3) is 0 Å². The molecule has 84 valence electrons. The van der Waals surface area contributed by atoms with Crippen LogP contribution < -0.4 is 0 Å². The highest BCUT2D eigenvalue weighted by molar-refractivity contribution is 7.57. The van der Waals surface area contributed by atoms with Crippen molar-refractivity contribution in [1.29, 1.82) is 0 Å². The van der Waals surface area contributed by atoms with Crippen LogP contribution in [0.1, 0.15) is 34.1 Å². The van der Waals surface area contributed by atoms with Crippen LogP contribution in [0, 0.1) is 5.92 Å². The van der Waals surface area contributed by atoms with Crippen molar-refractivity contribution in [2.45, 2.75) is 34.1 Å². The van der Waals surface area contributed by atoms with E-state index in [0.717, 1.165) is 6.42 Å². The van der Waals surface area contributed by atoms with Gasteiger partial charge in [0.15, 0.2) is 0 Å². The minimum atomic E-state index is -2.96. The molecule has 0 aromatic carbocycles. The van der Waals surface area contributed by atoms with E-state index in [1.54, 1.807) is 5.82 Å². The topological polar surface area (TPSA) is 35.5 Å². The summed E-state index contributed by atoms with van der Waals surface area (Å²) >= 11 is 0. The maximum atomic E-state index is 11.9. The van der Waals surface area contributed by atoms with Gasteiger partial charge in [0.2, 0.25) is 0 Å². The third-order valence-corrected chi connectivity index (χ3v) is 3.33. The molecule has 0 rings (SSSR count). The Hall–Kier alpha value is -0.110. The van der Waals surface area contributed by atoms with E-state index in [2.05, 4.69) is 13.8 Å². The lowest BCUT2D eigenvalue weighted by molar-refractivity contribution is 0.229. The monoisotopic (exact) mass is 220 g/mol. The molecule has 0 spiro atoms. The first-order chi connectivity index (χ1) is 6.54. The summed E-state index contributed by atoms with van der Waals surface area (Å²) < 4.78 is 22.1. The van der Waals surface area contributed by atoms with Crippen LogP contribution in [0.25, 0.3) is 0 Å². The fraction of sp³-hybridized carbons (Fsp3) is 0.800. The van der Waals surface area contributed by atoms with E-state index in [4.69, 9.17) is 9.05 Å². The van der Waals surface area contributed by atoms with Crippen molar-refractivity contribution >= 4 is 7.60 Å². The van der Waals surface area contributed by atoms with Crippen LogP contribution in [0.4, 0.5) is 0 Å². The first-order valence-corrected chi connectivity index (χ1v) is 6.71. The molecule has 0 saturated carbocycles. The van der Waals surface area contributed by atoms with Gasteiger partial charge in [-0.2, -0.15) is 0 Å². The van der Waals surface area contributed by atoms with Gasteiger partial charge in [0.05, 0.1) is 13.2 Å². The lowest BCUT2D eigenvalue weighted by Crippen LogP contribution is -1.93. The van der Waals surface area contributed by atoms with Gasteiger partial charge in [-0.15, -0.1) is 0 Å². The number of rotatable bonds is 7. The van der Waals surface area contributed by atoms with Crippen molar-refractivity contribution in [3.63, 3.8) is 0 Å². The Morgan fingerprint density at radius 3 is 2.07 bits per heavy atom. The van der Waals surface area contributed by atoms with Crippen LogP contribution in [0.3, 0.4) is 0 Å². The molecule has 0 radical (unpaired) electrons. The van der Waals surface area contributed by atoms with E-state index in [1.165, 1.54) is 0 Å². The molecule has 0 saturated heterocycles. The summed E-state index contributed by atoms with van der Waals surface area (Å²) in [6.45, 7) is 8.64. The van der Waals surface area contributed by atoms with Crippen molar-refractivity contribution < 1.29 is 13.6 Å². The Balaban J connectivity index is 4.21. The van der Waals surface area contributed by atoms with Crippen LogP contribution in [-0.2, 0) is 13.6 Å². The number of allylic oxidation sites excluding steroid dienone is 1. The largest absolute Gasteiger partial charge is 0.353 e. The zero-order valence-electron chi connectivity index (χ0n) is 9.53. The predicted octanol–water partition coefficient (Wildman–Crippen LogP) is 3.81. The summed E-state index contributed by atoms with van der Waals surface area (Å²) in [6, 6.07) is 0. The van der Waals surface area contributed by atoms with E-state index in [1.807, 2.05) is 19.9 Å². The molecule has 0 N–H and O–H groups in total. The van der Waals surface area contributed by atoms with E-state index in [-0.39, 0.29) is 0 Å². The Morgan fingerprint density at radius 2 is 1.71 bits per heavy atom. The molecule has 0 bridgehead atoms. The molecule has 0 unspecified atom stereocenters. The standard InChI is InChI=1S/C10H21O3P/c1-5-12-14(11,13-6-2)9-7-8-10(3)4/h7,9-10H,5-6,8H2,1-4H3/b9-7-. The summed E-state index contributed by atoms with van der Waals surface area (Å²) in [5.41, 5.74) is 0. The molecule has 0 aromatic rings. The van der Waals surface area contributed by atoms with Crippen molar-refractivity contribution in [2.24, 2.45) is 5.92 Å². The average molecular weight is 220 g/mol. The smallest absolute Gasteiger partial charge is 0.306 e. The average Bonchev–Trinajstić information content (AvgIpc) is 2.03. The van der Waals surface area contributed by atoms with Gasteiger partial charge in [0, 0.05) is 5.82 Å². The molecule has 0 amide bonds. The minimum Gasteiger partial charge on any atom is -0.306 e. The molecule has 0 aliphatic rings. The van der Waals surface area contributed by atoms with Gasteiger partial charge in [-0.3, -0.25) is 4.57 Å². The molecule has 14 heavy (non-hydrogen) atoms. The first-order valence-electron chi connectivity index (χ1n) is 5.10. The SMILES string of the molecule is CCOP(=O)(/C=C\CC(C)C)OCC. The molecule has 0 aromatic heterocycles. The van der Waals surface area contributed by atoms with Crippen molar-refractivity contribution in [2.75, 3.05) is 13.2 Å². The molecular weight excluding hydrogens is 199 g/mol. The second kappa shape index (κ2) is 7.22. The van der Waals surface area contributed by atoms with Crippen LogP contribution in [-0.4, -0.2) is 13.2 Å². The zero-order valence-corrected chi connectivity index (χ0v) is 10.4. The third-order valence-electron chi connectivity index (χ3n) is 1.51. The van der Waals surface area contributed by atoms with Crippen LogP contribution in [0.2, 0.25) is 0 Å². The van der Waals surface area contributed by atoms with Crippen LogP contribution in [0.15, 0.2) is 11.9 Å². The van der Waals surface area contributed by atoms with Gasteiger partial charge in [-0.25, -0.2) is 0 Å². The van der Waals surface area contributed by atoms with Gasteiger partial charge >= 0.3 is 7.60 Å². The van der Waals surface area contributed by atoms with Crippen molar-refractivity contribution in [3.8, 4) is 0 Å². The lowest BCUT2D eigenvalue weighted by Gasteiger charge is -2.12. The molecular formula is C10H21O3P. The van der Waals surface area contributed by atoms with Gasteiger partial charge in [-0.05, 0) is 26.2 Å². The Bertz CT molecular complexity index is 201. The summed E-state index contributed by atoms with van der Waals surface area (Å²) in [5.74, 6) is 2.13. The van der Waals surface area contributed by atoms with E-state index in [0.29, 0.717) is 19.1 Å². The van der Waals surface area contributed by atoms with Gasteiger partial charge < -0.3 is 9.05 Å². The van der Waals surface area contributed by atoms with E-state index < -0.39 is 7.60 Å². The molecule has 0 aliphatic carbocycles. The molecule has 3 nitrogen and oxygen atoms in total. The summed E-state index contributed by atoms with van der Waals surface area (Å²) in [4.78, 5) is 0. The fourth-order valence-corrected chi connectivity index (χ4v) is 2.29. The maximum absolute atomic E-state index is 11.9. The summed E-state index contributed by atoms with van der Waals surface area (Å²) in [5, 5.41) is 0. The first kappa shape index (κ1) is 13.9. The predicted molar refractivity (Wildman–Crippen MR) is 59.5 cm³/mol. The van der Waals surface area contributed by atoms with Crippen molar-refractivity contribution in [3.05, 3.63) is 11.9 Å². The quantitative estimate of drug-likeness (QED) is 0.612. The van der Waals surface area contributed by atoms with Crippen molar-refractivity contribution in [1.82, 2.24) is 0 Å². The normalized spacial score (nSPS) is 12.9. The highest BCUT2D eigenvalue weighted by Gasteiger charge is 2.18. The molecule has 0 atom stereocenters. The number of hydrogen-bond acceptors (Lipinski definition) is 3. The van der Waals surface area contributed by atoms with E-state index >= 15 is 0 Å². The summed E-state index contributed by atoms with van der Waals surface area (Å²) in [6.07, 6.45) is 2.76. The zero-order chi connectivity index (χ0) is 11.0. The molecule has 4 heteroatoms. The highest BCUT2D eigenvalue weighted by Crippen LogP contribution is 2.49. The third kappa shape index (κ3) is 6.36. The van der Waals surface area contributed by atoms with Gasteiger partial charge in [0.1, 0.15) is 0 Å². The highest BCUT2D eigenvalue weighted by atomic mass is 31.2. The fourth-order valence-electron chi connectivity index (χ4n) is 0.945. The molecule has 0 fully saturated rings. The van der Waals surface area contributed by atoms with Gasteiger partial charge in [-0.1, -0.05) is 19.9 Å². The van der Waals surface area contributed by atoms with E-state index in [9.17, 15) is 4.57 Å². The Labute approximate surface area is 87.0 Å². The Kier molecular flexibility index (Phi) is 7.16. The minimum absolute atomic E-state index is 0.406. The number of hydrogen-bond donors (Lipinski definition) is 0.